The van der Waals surface area contributed by atoms with Crippen LogP contribution in [0.5, 0.6) is 0 Å². The standard InChI is InChI=1S/C11H11F2N3O/c12-11(13,9-4-2-1-3-5-9)7-14-6-10-15-8-17-16-10/h1-5,8,14H,6-7H2. The SMILES string of the molecule is FC(F)(CNCc1ncon1)c1ccccc1. The Kier molecular flexibility index (Phi) is 3.43. The van der Waals surface area contributed by atoms with Crippen LogP contribution in [0.25, 0.3) is 0 Å². The van der Waals surface area contributed by atoms with Gasteiger partial charge in [-0.2, -0.15) is 13.8 Å². The van der Waals surface area contributed by atoms with Crippen LogP contribution in [0.3, 0.4) is 0 Å². The number of halogens is 2. The fourth-order valence-corrected chi connectivity index (χ4v) is 1.39. The van der Waals surface area contributed by atoms with E-state index in [1.807, 2.05) is 0 Å². The highest BCUT2D eigenvalue weighted by atomic mass is 19.3. The van der Waals surface area contributed by atoms with E-state index in [9.17, 15) is 8.78 Å². The van der Waals surface area contributed by atoms with E-state index in [4.69, 9.17) is 0 Å². The van der Waals surface area contributed by atoms with E-state index in [-0.39, 0.29) is 12.1 Å². The first-order chi connectivity index (χ1) is 8.18. The predicted molar refractivity (Wildman–Crippen MR) is 56.3 cm³/mol. The zero-order valence-corrected chi connectivity index (χ0v) is 8.94. The minimum Gasteiger partial charge on any atom is -0.343 e. The van der Waals surface area contributed by atoms with Gasteiger partial charge < -0.3 is 9.84 Å². The average molecular weight is 239 g/mol. The number of nitrogens with one attached hydrogen (secondary N) is 1. The zero-order valence-electron chi connectivity index (χ0n) is 8.94. The number of nitrogens with zero attached hydrogens (tertiary/aromatic N) is 2. The van der Waals surface area contributed by atoms with Crippen LogP contribution in [0.1, 0.15) is 11.4 Å². The quantitative estimate of drug-likeness (QED) is 0.866. The van der Waals surface area contributed by atoms with Gasteiger partial charge in [-0.3, -0.25) is 0 Å². The molecular formula is C11H11F2N3O. The van der Waals surface area contributed by atoms with Crippen molar-refractivity contribution in [2.45, 2.75) is 12.5 Å². The Morgan fingerprint density at radius 2 is 2.00 bits per heavy atom. The molecule has 0 aliphatic carbocycles. The zero-order chi connectivity index (χ0) is 12.1. The van der Waals surface area contributed by atoms with E-state index in [0.717, 1.165) is 6.39 Å². The molecule has 0 bridgehead atoms. The molecule has 17 heavy (non-hydrogen) atoms. The number of aromatic nitrogens is 2. The first kappa shape index (κ1) is 11.7. The first-order valence-electron chi connectivity index (χ1n) is 5.08. The maximum atomic E-state index is 13.7. The molecule has 0 saturated carbocycles. The Morgan fingerprint density at radius 1 is 1.24 bits per heavy atom. The van der Waals surface area contributed by atoms with Crippen molar-refractivity contribution in [2.24, 2.45) is 0 Å². The third kappa shape index (κ3) is 3.07. The fourth-order valence-electron chi connectivity index (χ4n) is 1.39. The lowest BCUT2D eigenvalue weighted by molar-refractivity contribution is -0.00360. The van der Waals surface area contributed by atoms with E-state index in [0.29, 0.717) is 5.82 Å². The van der Waals surface area contributed by atoms with Gasteiger partial charge in [0.15, 0.2) is 5.82 Å². The van der Waals surface area contributed by atoms with Gasteiger partial charge in [0.25, 0.3) is 5.92 Å². The van der Waals surface area contributed by atoms with Gasteiger partial charge in [-0.05, 0) is 0 Å². The smallest absolute Gasteiger partial charge is 0.285 e. The summed E-state index contributed by atoms with van der Waals surface area (Å²) in [5, 5.41) is 6.11. The van der Waals surface area contributed by atoms with Gasteiger partial charge in [-0.25, -0.2) is 0 Å². The van der Waals surface area contributed by atoms with Gasteiger partial charge in [0.05, 0.1) is 13.1 Å². The summed E-state index contributed by atoms with van der Waals surface area (Å²) in [6.07, 6.45) is 1.16. The van der Waals surface area contributed by atoms with Crippen LogP contribution >= 0.6 is 0 Å². The van der Waals surface area contributed by atoms with Crippen molar-refractivity contribution in [3.05, 3.63) is 48.1 Å². The first-order valence-corrected chi connectivity index (χ1v) is 5.08. The van der Waals surface area contributed by atoms with Gasteiger partial charge in [0, 0.05) is 5.56 Å². The Morgan fingerprint density at radius 3 is 2.65 bits per heavy atom. The molecule has 0 spiro atoms. The van der Waals surface area contributed by atoms with Crippen LogP contribution in [0.4, 0.5) is 8.78 Å². The molecule has 4 nitrogen and oxygen atoms in total. The predicted octanol–water partition coefficient (Wildman–Crippen LogP) is 1.95. The van der Waals surface area contributed by atoms with Crippen LogP contribution in [0.2, 0.25) is 0 Å². The maximum absolute atomic E-state index is 13.7. The molecule has 0 radical (unpaired) electrons. The van der Waals surface area contributed by atoms with E-state index in [1.165, 1.54) is 12.1 Å². The van der Waals surface area contributed by atoms with Crippen molar-refractivity contribution in [1.82, 2.24) is 15.5 Å². The molecule has 0 aliphatic rings. The average Bonchev–Trinajstić information content (AvgIpc) is 2.83. The van der Waals surface area contributed by atoms with Crippen LogP contribution in [0.15, 0.2) is 41.2 Å². The van der Waals surface area contributed by atoms with Gasteiger partial charge in [0.1, 0.15) is 0 Å². The van der Waals surface area contributed by atoms with E-state index >= 15 is 0 Å². The molecule has 1 N–H and O–H groups in total. The summed E-state index contributed by atoms with van der Waals surface area (Å²) in [5.41, 5.74) is -0.0133. The van der Waals surface area contributed by atoms with Crippen molar-refractivity contribution < 1.29 is 13.3 Å². The van der Waals surface area contributed by atoms with Crippen molar-refractivity contribution >= 4 is 0 Å². The molecule has 0 fully saturated rings. The molecule has 0 atom stereocenters. The van der Waals surface area contributed by atoms with Gasteiger partial charge in [-0.1, -0.05) is 35.5 Å². The van der Waals surface area contributed by atoms with Crippen molar-refractivity contribution in [3.8, 4) is 0 Å². The largest absolute Gasteiger partial charge is 0.343 e. The lowest BCUT2D eigenvalue weighted by Gasteiger charge is -2.16. The number of benzene rings is 1. The van der Waals surface area contributed by atoms with E-state index in [2.05, 4.69) is 20.0 Å². The minimum atomic E-state index is -2.91. The molecule has 0 aliphatic heterocycles. The summed E-state index contributed by atoms with van der Waals surface area (Å²) in [4.78, 5) is 3.72. The molecular weight excluding hydrogens is 228 g/mol. The molecule has 1 heterocycles. The second-order valence-electron chi connectivity index (χ2n) is 3.52. The van der Waals surface area contributed by atoms with Gasteiger partial charge >= 0.3 is 0 Å². The Balaban J connectivity index is 1.90. The number of hydrogen-bond donors (Lipinski definition) is 1. The molecule has 2 rings (SSSR count). The lowest BCUT2D eigenvalue weighted by Crippen LogP contribution is -2.30. The van der Waals surface area contributed by atoms with Crippen molar-refractivity contribution in [2.75, 3.05) is 6.54 Å². The van der Waals surface area contributed by atoms with Crippen LogP contribution in [-0.4, -0.2) is 16.7 Å². The van der Waals surface area contributed by atoms with E-state index in [1.54, 1.807) is 18.2 Å². The van der Waals surface area contributed by atoms with Crippen molar-refractivity contribution in [1.29, 1.82) is 0 Å². The third-order valence-corrected chi connectivity index (χ3v) is 2.23. The molecule has 1 aromatic heterocycles. The fraction of sp³-hybridized carbons (Fsp3) is 0.273. The molecule has 90 valence electrons. The topological polar surface area (TPSA) is 51.0 Å². The monoisotopic (exact) mass is 239 g/mol. The lowest BCUT2D eigenvalue weighted by atomic mass is 10.1. The Labute approximate surface area is 96.6 Å². The Hall–Kier alpha value is -1.82. The van der Waals surface area contributed by atoms with E-state index < -0.39 is 12.5 Å². The molecule has 6 heteroatoms. The highest BCUT2D eigenvalue weighted by molar-refractivity contribution is 5.20. The molecule has 0 amide bonds. The summed E-state index contributed by atoms with van der Waals surface area (Å²) in [6, 6.07) is 7.67. The third-order valence-electron chi connectivity index (χ3n) is 2.23. The number of alkyl halides is 2. The highest BCUT2D eigenvalue weighted by Gasteiger charge is 2.30. The minimum absolute atomic E-state index is 0.0133. The molecule has 0 saturated heterocycles. The summed E-state index contributed by atoms with van der Waals surface area (Å²) < 4.78 is 31.8. The van der Waals surface area contributed by atoms with Gasteiger partial charge in [0.2, 0.25) is 6.39 Å². The summed E-state index contributed by atoms with van der Waals surface area (Å²) >= 11 is 0. The maximum Gasteiger partial charge on any atom is 0.285 e. The second-order valence-corrected chi connectivity index (χ2v) is 3.52. The van der Waals surface area contributed by atoms with Crippen LogP contribution < -0.4 is 5.32 Å². The summed E-state index contributed by atoms with van der Waals surface area (Å²) in [6.45, 7) is -0.315. The molecule has 0 unspecified atom stereocenters. The summed E-state index contributed by atoms with van der Waals surface area (Å²) in [5.74, 6) is -2.56. The molecule has 1 aromatic carbocycles. The van der Waals surface area contributed by atoms with Gasteiger partial charge in [-0.15, -0.1) is 0 Å². The molecule has 2 aromatic rings. The number of hydrogen-bond acceptors (Lipinski definition) is 4. The normalized spacial score (nSPS) is 11.6. The van der Waals surface area contributed by atoms with Crippen LogP contribution in [0, 0.1) is 0 Å². The second kappa shape index (κ2) is 5.01. The number of rotatable bonds is 5. The highest BCUT2D eigenvalue weighted by Crippen LogP contribution is 2.26. The van der Waals surface area contributed by atoms with Crippen LogP contribution in [-0.2, 0) is 12.5 Å². The van der Waals surface area contributed by atoms with Crippen molar-refractivity contribution in [3.63, 3.8) is 0 Å². The Bertz CT molecular complexity index is 445. The summed E-state index contributed by atoms with van der Waals surface area (Å²) in [7, 11) is 0.